The highest BCUT2D eigenvalue weighted by Gasteiger charge is 2.04. The van der Waals surface area contributed by atoms with Gasteiger partial charge in [-0.05, 0) is 5.56 Å². The predicted molar refractivity (Wildman–Crippen MR) is 71.7 cm³/mol. The first-order valence-corrected chi connectivity index (χ1v) is 7.15. The van der Waals surface area contributed by atoms with Gasteiger partial charge in [-0.15, -0.1) is 0 Å². The maximum Gasteiger partial charge on any atom is 0.269 e. The van der Waals surface area contributed by atoms with E-state index in [0.717, 1.165) is 11.0 Å². The average Bonchev–Trinajstić information content (AvgIpc) is 2.15. The summed E-state index contributed by atoms with van der Waals surface area (Å²) in [7, 11) is 2.28. The van der Waals surface area contributed by atoms with E-state index in [2.05, 4.69) is 21.1 Å². The lowest BCUT2D eigenvalue weighted by atomic mass is 10.2. The first-order valence-electron chi connectivity index (χ1n) is 5.54. The molecule has 1 aromatic rings. The van der Waals surface area contributed by atoms with Crippen LogP contribution in [0.1, 0.15) is 5.56 Å². The van der Waals surface area contributed by atoms with Crippen LogP contribution in [-0.4, -0.2) is 56.9 Å². The van der Waals surface area contributed by atoms with Gasteiger partial charge in [-0.3, -0.25) is 4.55 Å². The molecule has 2 N–H and O–H groups in total. The van der Waals surface area contributed by atoms with Gasteiger partial charge in [-0.25, -0.2) is 0 Å². The van der Waals surface area contributed by atoms with Crippen LogP contribution in [0.25, 0.3) is 0 Å². The number of nitrogens with zero attached hydrogens (tertiary/aromatic N) is 1. The molecule has 0 unspecified atom stereocenters. The maximum atomic E-state index is 10.4. The third kappa shape index (κ3) is 11.5. The van der Waals surface area contributed by atoms with Crippen LogP contribution in [-0.2, 0) is 15.9 Å². The predicted octanol–water partition coefficient (Wildman–Crippen LogP) is 0.759. The monoisotopic (exact) mass is 276 g/mol. The number of hydrogen-bond acceptors (Lipinski definition) is 3. The second-order valence-corrected chi connectivity index (χ2v) is 6.40. The van der Waals surface area contributed by atoms with Crippen molar-refractivity contribution in [2.75, 3.05) is 34.3 Å². The number of hydrogen-bond donors (Lipinski definition) is 2. The third-order valence-corrected chi connectivity index (χ3v) is 2.66. The summed E-state index contributed by atoms with van der Waals surface area (Å²) in [6.07, 6.45) is 0. The fraction of sp³-hybridized carbons (Fsp3) is 0.500. The molecule has 0 amide bonds. The Morgan fingerprint density at radius 3 is 1.89 bits per heavy atom. The molecule has 0 bridgehead atoms. The van der Waals surface area contributed by atoms with E-state index in [0.29, 0.717) is 5.56 Å². The van der Waals surface area contributed by atoms with Gasteiger partial charge in [0.1, 0.15) is 12.3 Å². The quantitative estimate of drug-likeness (QED) is 0.629. The molecular formula is C12H22NO4S+. The van der Waals surface area contributed by atoms with Gasteiger partial charge >= 0.3 is 0 Å². The van der Waals surface area contributed by atoms with E-state index in [1.165, 1.54) is 0 Å². The number of benzene rings is 1. The summed E-state index contributed by atoms with van der Waals surface area (Å²) in [5.74, 6) is -0.312. The van der Waals surface area contributed by atoms with Crippen molar-refractivity contribution in [1.82, 2.24) is 0 Å². The van der Waals surface area contributed by atoms with Crippen molar-refractivity contribution in [3.63, 3.8) is 0 Å². The van der Waals surface area contributed by atoms with Crippen LogP contribution < -0.4 is 0 Å². The van der Waals surface area contributed by atoms with Crippen LogP contribution >= 0.6 is 0 Å². The van der Waals surface area contributed by atoms with Crippen LogP contribution in [0.2, 0.25) is 0 Å². The van der Waals surface area contributed by atoms with Crippen molar-refractivity contribution < 1.29 is 22.6 Å². The van der Waals surface area contributed by atoms with Gasteiger partial charge < -0.3 is 9.59 Å². The van der Waals surface area contributed by atoms with Crippen molar-refractivity contribution in [3.8, 4) is 0 Å². The van der Waals surface area contributed by atoms with E-state index in [9.17, 15) is 8.42 Å². The first kappa shape index (κ1) is 17.1. The zero-order valence-electron chi connectivity index (χ0n) is 11.1. The number of likely N-dealkylation sites (N-methyl/N-ethyl adjacent to an activating group) is 1. The Kier molecular flexibility index (Phi) is 7.08. The summed E-state index contributed by atoms with van der Waals surface area (Å²) in [6.45, 7) is 1.11. The SMILES string of the molecule is C[N+](C)(C)CCO.O=S(=O)(O)Cc1ccccc1. The molecule has 0 fully saturated rings. The Labute approximate surface area is 109 Å². The summed E-state index contributed by atoms with van der Waals surface area (Å²) in [5, 5.41) is 8.39. The third-order valence-electron chi connectivity index (χ3n) is 1.96. The van der Waals surface area contributed by atoms with Crippen molar-refractivity contribution in [3.05, 3.63) is 35.9 Å². The highest BCUT2D eigenvalue weighted by atomic mass is 32.2. The Bertz CT molecular complexity index is 423. The van der Waals surface area contributed by atoms with Crippen molar-refractivity contribution in [1.29, 1.82) is 0 Å². The number of quaternary nitrogens is 1. The molecule has 0 spiro atoms. The molecule has 0 saturated carbocycles. The van der Waals surface area contributed by atoms with Crippen LogP contribution in [0.4, 0.5) is 0 Å². The van der Waals surface area contributed by atoms with Gasteiger partial charge in [0.15, 0.2) is 0 Å². The standard InChI is InChI=1S/C7H8O3S.C5H14NO/c8-11(9,10)6-7-4-2-1-3-5-7;1-6(2,3)4-5-7/h1-5H,6H2,(H,8,9,10);7H,4-5H2,1-3H3/q;+1. The van der Waals surface area contributed by atoms with Crippen LogP contribution in [0.3, 0.4) is 0 Å². The molecule has 0 aromatic heterocycles. The molecule has 104 valence electrons. The summed E-state index contributed by atoms with van der Waals surface area (Å²) in [4.78, 5) is 0. The Morgan fingerprint density at radius 2 is 1.61 bits per heavy atom. The molecule has 1 aromatic carbocycles. The lowest BCUT2D eigenvalue weighted by Crippen LogP contribution is -2.36. The molecule has 0 atom stereocenters. The summed E-state index contributed by atoms with van der Waals surface area (Å²) >= 11 is 0. The molecule has 0 radical (unpaired) electrons. The molecule has 18 heavy (non-hydrogen) atoms. The summed E-state index contributed by atoms with van der Waals surface area (Å²) in [6, 6.07) is 8.52. The van der Waals surface area contributed by atoms with Crippen molar-refractivity contribution >= 4 is 10.1 Å². The molecule has 1 rings (SSSR count). The second-order valence-electron chi connectivity index (χ2n) is 4.95. The van der Waals surface area contributed by atoms with Gasteiger partial charge in [-0.2, -0.15) is 8.42 Å². The zero-order chi connectivity index (χ0) is 14.2. The molecule has 0 heterocycles. The molecular weight excluding hydrogens is 254 g/mol. The number of rotatable bonds is 4. The van der Waals surface area contributed by atoms with Gasteiger partial charge in [0.2, 0.25) is 0 Å². The van der Waals surface area contributed by atoms with Gasteiger partial charge in [0.25, 0.3) is 10.1 Å². The minimum atomic E-state index is -3.88. The summed E-state index contributed by atoms with van der Waals surface area (Å²) < 4.78 is 30.0. The molecule has 5 nitrogen and oxygen atoms in total. The highest BCUT2D eigenvalue weighted by Crippen LogP contribution is 2.02. The van der Waals surface area contributed by atoms with E-state index in [4.69, 9.17) is 9.66 Å². The molecule has 0 saturated heterocycles. The molecule has 6 heteroatoms. The Morgan fingerprint density at radius 1 is 1.11 bits per heavy atom. The van der Waals surface area contributed by atoms with Crippen LogP contribution in [0.5, 0.6) is 0 Å². The molecule has 0 aliphatic carbocycles. The fourth-order valence-corrected chi connectivity index (χ4v) is 1.70. The van der Waals surface area contributed by atoms with E-state index in [1.807, 2.05) is 0 Å². The van der Waals surface area contributed by atoms with E-state index >= 15 is 0 Å². The van der Waals surface area contributed by atoms with Gasteiger partial charge in [-0.1, -0.05) is 30.3 Å². The van der Waals surface area contributed by atoms with Gasteiger partial charge in [0, 0.05) is 0 Å². The summed E-state index contributed by atoms with van der Waals surface area (Å²) in [5.41, 5.74) is 0.593. The average molecular weight is 276 g/mol. The van der Waals surface area contributed by atoms with Crippen molar-refractivity contribution in [2.45, 2.75) is 5.75 Å². The smallest absolute Gasteiger partial charge is 0.269 e. The molecule has 0 aliphatic rings. The maximum absolute atomic E-state index is 10.4. The topological polar surface area (TPSA) is 74.6 Å². The number of aliphatic hydroxyl groups is 1. The minimum absolute atomic E-state index is 0.281. The fourth-order valence-electron chi connectivity index (χ4n) is 1.08. The lowest BCUT2D eigenvalue weighted by Gasteiger charge is -2.21. The van der Waals surface area contributed by atoms with E-state index in [-0.39, 0.29) is 12.4 Å². The normalized spacial score (nSPS) is 11.6. The van der Waals surface area contributed by atoms with Crippen molar-refractivity contribution in [2.24, 2.45) is 0 Å². The lowest BCUT2D eigenvalue weighted by molar-refractivity contribution is -0.870. The number of aliphatic hydroxyl groups excluding tert-OH is 1. The van der Waals surface area contributed by atoms with E-state index in [1.54, 1.807) is 30.3 Å². The zero-order valence-corrected chi connectivity index (χ0v) is 11.9. The second kappa shape index (κ2) is 7.48. The minimum Gasteiger partial charge on any atom is -0.391 e. The Balaban J connectivity index is 0.000000360. The molecule has 0 aliphatic heterocycles. The van der Waals surface area contributed by atoms with Gasteiger partial charge in [0.05, 0.1) is 27.7 Å². The highest BCUT2D eigenvalue weighted by molar-refractivity contribution is 7.85. The van der Waals surface area contributed by atoms with Crippen LogP contribution in [0, 0.1) is 0 Å². The largest absolute Gasteiger partial charge is 0.391 e. The first-order chi connectivity index (χ1) is 8.14. The Hall–Kier alpha value is -0.950. The van der Waals surface area contributed by atoms with E-state index < -0.39 is 10.1 Å². The van der Waals surface area contributed by atoms with Crippen LogP contribution in [0.15, 0.2) is 30.3 Å².